The Bertz CT molecular complexity index is 1530. The zero-order valence-corrected chi connectivity index (χ0v) is 20.8. The van der Waals surface area contributed by atoms with Crippen LogP contribution >= 0.6 is 0 Å². The Hall–Kier alpha value is -4.57. The Morgan fingerprint density at radius 2 is 1.92 bits per heavy atom. The maximum atomic E-state index is 12.8. The number of nitrogens with one attached hydrogen (secondary N) is 2. The van der Waals surface area contributed by atoms with Gasteiger partial charge in [0.2, 0.25) is 0 Å². The summed E-state index contributed by atoms with van der Waals surface area (Å²) >= 11 is 0. The van der Waals surface area contributed by atoms with E-state index in [4.69, 9.17) is 4.74 Å². The number of benzene rings is 2. The van der Waals surface area contributed by atoms with Crippen molar-refractivity contribution in [3.8, 4) is 11.8 Å². The summed E-state index contributed by atoms with van der Waals surface area (Å²) in [7, 11) is 1.36. The fourth-order valence-corrected chi connectivity index (χ4v) is 4.50. The molecule has 0 radical (unpaired) electrons. The molecule has 0 aliphatic heterocycles. The number of carbonyl (C=O) groups is 2. The first-order valence-corrected chi connectivity index (χ1v) is 11.7. The Kier molecular flexibility index (Phi) is 7.07. The Morgan fingerprint density at radius 1 is 1.14 bits per heavy atom. The van der Waals surface area contributed by atoms with Gasteiger partial charge in [-0.25, -0.2) is 4.79 Å². The number of nitriles is 1. The van der Waals surface area contributed by atoms with Crippen LogP contribution in [0.5, 0.6) is 0 Å². The summed E-state index contributed by atoms with van der Waals surface area (Å²) in [5, 5.41) is 13.7. The highest BCUT2D eigenvalue weighted by atomic mass is 16.5. The van der Waals surface area contributed by atoms with Gasteiger partial charge in [-0.05, 0) is 80.3 Å². The summed E-state index contributed by atoms with van der Waals surface area (Å²) in [5.74, 6) is -0.788. The Labute approximate surface area is 210 Å². The van der Waals surface area contributed by atoms with Gasteiger partial charge >= 0.3 is 5.97 Å². The molecule has 2 heterocycles. The molecule has 0 unspecified atom stereocenters. The third-order valence-corrected chi connectivity index (χ3v) is 6.35. The maximum Gasteiger partial charge on any atom is 0.337 e. The van der Waals surface area contributed by atoms with E-state index in [2.05, 4.69) is 10.3 Å². The van der Waals surface area contributed by atoms with E-state index in [1.165, 1.54) is 7.11 Å². The number of H-pyrrole nitrogens is 1. The number of aromatic nitrogens is 2. The van der Waals surface area contributed by atoms with E-state index in [1.807, 2.05) is 74.0 Å². The van der Waals surface area contributed by atoms with Gasteiger partial charge in [0, 0.05) is 40.7 Å². The van der Waals surface area contributed by atoms with Crippen molar-refractivity contribution in [1.29, 1.82) is 5.26 Å². The van der Waals surface area contributed by atoms with Crippen LogP contribution in [0.3, 0.4) is 0 Å². The SMILES string of the molecule is COC(=O)c1ccc(-n2c(C)cc(/C=C(/C#N)C(=O)NCCc3c[nH]c4ccccc34)c2C)c(C)c1. The normalized spacial score (nSPS) is 11.4. The van der Waals surface area contributed by atoms with Gasteiger partial charge in [0.25, 0.3) is 5.91 Å². The quantitative estimate of drug-likeness (QED) is 0.222. The molecule has 0 aliphatic rings. The zero-order chi connectivity index (χ0) is 25.8. The first kappa shape index (κ1) is 24.6. The molecule has 7 nitrogen and oxygen atoms in total. The number of ether oxygens (including phenoxy) is 1. The summed E-state index contributed by atoms with van der Waals surface area (Å²) in [6.45, 7) is 6.25. The summed E-state index contributed by atoms with van der Waals surface area (Å²) in [5.41, 5.74) is 7.15. The summed E-state index contributed by atoms with van der Waals surface area (Å²) in [6, 6.07) is 17.4. The van der Waals surface area contributed by atoms with Crippen molar-refractivity contribution < 1.29 is 14.3 Å². The first-order chi connectivity index (χ1) is 17.3. The highest BCUT2D eigenvalue weighted by Crippen LogP contribution is 2.26. The van der Waals surface area contributed by atoms with Crippen LogP contribution in [0.2, 0.25) is 0 Å². The molecule has 182 valence electrons. The lowest BCUT2D eigenvalue weighted by Gasteiger charge is -2.14. The number of methoxy groups -OCH3 is 1. The number of aromatic amines is 1. The van der Waals surface area contributed by atoms with E-state index in [1.54, 1.807) is 18.2 Å². The number of nitrogens with zero attached hydrogens (tertiary/aromatic N) is 2. The van der Waals surface area contributed by atoms with Crippen LogP contribution in [0.1, 0.15) is 38.4 Å². The minimum atomic E-state index is -0.402. The highest BCUT2D eigenvalue weighted by molar-refractivity contribution is 6.02. The average Bonchev–Trinajstić information content (AvgIpc) is 3.41. The van der Waals surface area contributed by atoms with Crippen molar-refractivity contribution in [3.05, 3.63) is 93.9 Å². The van der Waals surface area contributed by atoms with E-state index < -0.39 is 5.91 Å². The molecule has 2 aromatic heterocycles. The fraction of sp³-hybridized carbons (Fsp3) is 0.207. The van der Waals surface area contributed by atoms with Crippen LogP contribution in [0, 0.1) is 32.1 Å². The van der Waals surface area contributed by atoms with E-state index >= 15 is 0 Å². The monoisotopic (exact) mass is 480 g/mol. The second kappa shape index (κ2) is 10.4. The lowest BCUT2D eigenvalue weighted by molar-refractivity contribution is -0.117. The van der Waals surface area contributed by atoms with Crippen molar-refractivity contribution in [3.63, 3.8) is 0 Å². The highest BCUT2D eigenvalue weighted by Gasteiger charge is 2.16. The largest absolute Gasteiger partial charge is 0.465 e. The van der Waals surface area contributed by atoms with Gasteiger partial charge in [-0.15, -0.1) is 0 Å². The van der Waals surface area contributed by atoms with Gasteiger partial charge in [0.05, 0.1) is 12.7 Å². The van der Waals surface area contributed by atoms with Crippen molar-refractivity contribution in [2.45, 2.75) is 27.2 Å². The number of rotatable bonds is 7. The topological polar surface area (TPSA) is 99.9 Å². The first-order valence-electron chi connectivity index (χ1n) is 11.7. The number of carbonyl (C=O) groups excluding carboxylic acids is 2. The van der Waals surface area contributed by atoms with Crippen molar-refractivity contribution in [2.75, 3.05) is 13.7 Å². The number of hydrogen-bond acceptors (Lipinski definition) is 4. The van der Waals surface area contributed by atoms with Gasteiger partial charge in [-0.2, -0.15) is 5.26 Å². The molecule has 0 bridgehead atoms. The molecule has 2 aromatic carbocycles. The summed E-state index contributed by atoms with van der Waals surface area (Å²) < 4.78 is 6.86. The zero-order valence-electron chi connectivity index (χ0n) is 20.8. The molecule has 0 saturated carbocycles. The predicted octanol–water partition coefficient (Wildman–Crippen LogP) is 4.94. The molecule has 0 aliphatic carbocycles. The standard InChI is InChI=1S/C29H28N4O3/c1-18-13-21(29(35)36-4)9-10-27(18)33-19(2)14-23(20(33)3)15-24(16-30)28(34)31-12-11-22-17-32-26-8-6-5-7-25(22)26/h5-10,13-15,17,32H,11-12H2,1-4H3,(H,31,34)/b24-15-. The molecular formula is C29H28N4O3. The third kappa shape index (κ3) is 4.80. The van der Waals surface area contributed by atoms with Crippen LogP contribution in [0.4, 0.5) is 0 Å². The molecule has 0 atom stereocenters. The summed E-state index contributed by atoms with van der Waals surface area (Å²) in [4.78, 5) is 27.9. The smallest absolute Gasteiger partial charge is 0.337 e. The lowest BCUT2D eigenvalue weighted by atomic mass is 10.1. The van der Waals surface area contributed by atoms with E-state index in [-0.39, 0.29) is 11.5 Å². The molecule has 0 fully saturated rings. The minimum Gasteiger partial charge on any atom is -0.465 e. The number of hydrogen-bond donors (Lipinski definition) is 2. The second-order valence-electron chi connectivity index (χ2n) is 8.69. The Morgan fingerprint density at radius 3 is 2.64 bits per heavy atom. The van der Waals surface area contributed by atoms with E-state index in [0.717, 1.165) is 44.7 Å². The van der Waals surface area contributed by atoms with Gasteiger partial charge in [0.1, 0.15) is 11.6 Å². The minimum absolute atomic E-state index is 0.0481. The molecule has 0 saturated heterocycles. The maximum absolute atomic E-state index is 12.8. The van der Waals surface area contributed by atoms with Crippen molar-refractivity contribution in [2.24, 2.45) is 0 Å². The van der Waals surface area contributed by atoms with Gasteiger partial charge in [-0.1, -0.05) is 18.2 Å². The number of para-hydroxylation sites is 1. The Balaban J connectivity index is 1.52. The summed E-state index contributed by atoms with van der Waals surface area (Å²) in [6.07, 6.45) is 4.23. The van der Waals surface area contributed by atoms with Crippen molar-refractivity contribution in [1.82, 2.24) is 14.9 Å². The van der Waals surface area contributed by atoms with Crippen LogP contribution in [0.15, 0.2) is 60.3 Å². The number of esters is 1. The second-order valence-corrected chi connectivity index (χ2v) is 8.69. The fourth-order valence-electron chi connectivity index (χ4n) is 4.50. The van der Waals surface area contributed by atoms with Gasteiger partial charge in [0.15, 0.2) is 0 Å². The molecule has 4 aromatic rings. The van der Waals surface area contributed by atoms with Gasteiger partial charge in [-0.3, -0.25) is 4.79 Å². The number of aryl methyl sites for hydroxylation is 2. The molecular weight excluding hydrogens is 452 g/mol. The van der Waals surface area contributed by atoms with Crippen LogP contribution in [0.25, 0.3) is 22.7 Å². The van der Waals surface area contributed by atoms with E-state index in [9.17, 15) is 14.9 Å². The van der Waals surface area contributed by atoms with Crippen LogP contribution < -0.4 is 5.32 Å². The molecule has 36 heavy (non-hydrogen) atoms. The number of amides is 1. The number of fused-ring (bicyclic) bond motifs is 1. The molecule has 4 rings (SSSR count). The van der Waals surface area contributed by atoms with Crippen LogP contribution in [-0.4, -0.2) is 35.1 Å². The molecule has 0 spiro atoms. The van der Waals surface area contributed by atoms with Crippen LogP contribution in [-0.2, 0) is 16.0 Å². The molecule has 7 heteroatoms. The molecule has 1 amide bonds. The predicted molar refractivity (Wildman–Crippen MR) is 140 cm³/mol. The van der Waals surface area contributed by atoms with Gasteiger partial charge < -0.3 is 19.6 Å². The lowest BCUT2D eigenvalue weighted by Crippen LogP contribution is -2.26. The third-order valence-electron chi connectivity index (χ3n) is 6.35. The van der Waals surface area contributed by atoms with E-state index in [0.29, 0.717) is 18.5 Å². The molecule has 2 N–H and O–H groups in total. The average molecular weight is 481 g/mol. The van der Waals surface area contributed by atoms with Crippen molar-refractivity contribution >= 4 is 28.9 Å².